The van der Waals surface area contributed by atoms with E-state index in [9.17, 15) is 21.6 Å². The van der Waals surface area contributed by atoms with Crippen molar-refractivity contribution in [2.24, 2.45) is 5.92 Å². The molecule has 0 unspecified atom stereocenters. The first-order valence-electron chi connectivity index (χ1n) is 11.6. The van der Waals surface area contributed by atoms with Crippen LogP contribution in [0.15, 0.2) is 65.6 Å². The number of sulfonamides is 2. The normalized spacial score (nSPS) is 16.6. The second-order valence-electron chi connectivity index (χ2n) is 8.98. The molecular weight excluding hydrogens is 628 g/mol. The van der Waals surface area contributed by atoms with Crippen molar-refractivity contribution in [1.82, 2.24) is 4.31 Å². The van der Waals surface area contributed by atoms with Crippen molar-refractivity contribution in [2.75, 3.05) is 23.1 Å². The highest BCUT2D eigenvalue weighted by Crippen LogP contribution is 2.28. The number of anilines is 2. The van der Waals surface area contributed by atoms with Crippen LogP contribution in [0.5, 0.6) is 0 Å². The Hall–Kier alpha value is -2.05. The van der Waals surface area contributed by atoms with Crippen molar-refractivity contribution in [1.29, 1.82) is 0 Å². The molecule has 3 aromatic rings. The summed E-state index contributed by atoms with van der Waals surface area (Å²) in [5, 5.41) is 3.91. The van der Waals surface area contributed by atoms with Gasteiger partial charge in [0.25, 0.3) is 10.0 Å². The number of carbonyl (C=O) groups excluding carboxylic acids is 1. The van der Waals surface area contributed by atoms with Gasteiger partial charge in [-0.3, -0.25) is 9.52 Å². The van der Waals surface area contributed by atoms with E-state index in [-0.39, 0.29) is 43.9 Å². The number of hydrogen-bond acceptors (Lipinski definition) is 5. The quantitative estimate of drug-likeness (QED) is 0.298. The van der Waals surface area contributed by atoms with E-state index in [1.165, 1.54) is 52.8 Å². The summed E-state index contributed by atoms with van der Waals surface area (Å²) in [7, 11) is -7.63. The van der Waals surface area contributed by atoms with Gasteiger partial charge in [-0.25, -0.2) is 21.1 Å². The number of benzene rings is 3. The van der Waals surface area contributed by atoms with Gasteiger partial charge in [-0.1, -0.05) is 52.5 Å². The van der Waals surface area contributed by atoms with Crippen LogP contribution in [-0.2, 0) is 30.6 Å². The zero-order valence-electron chi connectivity index (χ0n) is 20.2. The fraction of sp³-hybridized carbons (Fsp3) is 0.240. The molecule has 0 bridgehead atoms. The molecule has 8 nitrogen and oxygen atoms in total. The predicted octanol–water partition coefficient (Wildman–Crippen LogP) is 6.28. The van der Waals surface area contributed by atoms with Crippen LogP contribution in [0.2, 0.25) is 20.1 Å². The average molecular weight is 651 g/mol. The zero-order valence-corrected chi connectivity index (χ0v) is 24.9. The number of carbonyl (C=O) groups is 1. The third-order valence-corrected chi connectivity index (χ3v) is 10.4. The number of amides is 1. The summed E-state index contributed by atoms with van der Waals surface area (Å²) < 4.78 is 55.2. The summed E-state index contributed by atoms with van der Waals surface area (Å²) in [6.45, 7) is 0.346. The van der Waals surface area contributed by atoms with E-state index < -0.39 is 26.0 Å². The molecule has 208 valence electrons. The minimum absolute atomic E-state index is 0.0335. The number of piperidine rings is 1. The first-order valence-corrected chi connectivity index (χ1v) is 16.2. The summed E-state index contributed by atoms with van der Waals surface area (Å²) in [5.41, 5.74) is 1.08. The third kappa shape index (κ3) is 7.79. The second-order valence-corrected chi connectivity index (χ2v) is 14.3. The maximum absolute atomic E-state index is 13.0. The Kier molecular flexibility index (Phi) is 9.37. The Morgan fingerprint density at radius 2 is 1.51 bits per heavy atom. The van der Waals surface area contributed by atoms with E-state index in [2.05, 4.69) is 10.0 Å². The largest absolute Gasteiger partial charge is 0.326 e. The molecule has 0 aromatic heterocycles. The maximum Gasteiger partial charge on any atom is 0.261 e. The van der Waals surface area contributed by atoms with E-state index in [1.807, 2.05) is 0 Å². The number of rotatable bonds is 8. The second kappa shape index (κ2) is 12.2. The van der Waals surface area contributed by atoms with Gasteiger partial charge in [-0.15, -0.1) is 0 Å². The molecule has 0 saturated carbocycles. The molecule has 0 radical (unpaired) electrons. The van der Waals surface area contributed by atoms with Crippen LogP contribution in [0.1, 0.15) is 18.4 Å². The van der Waals surface area contributed by atoms with Crippen LogP contribution in [0.3, 0.4) is 0 Å². The first-order chi connectivity index (χ1) is 18.3. The van der Waals surface area contributed by atoms with Crippen molar-refractivity contribution >= 4 is 83.7 Å². The fourth-order valence-electron chi connectivity index (χ4n) is 4.13. The van der Waals surface area contributed by atoms with Crippen molar-refractivity contribution in [2.45, 2.75) is 23.5 Å². The molecule has 4 rings (SSSR count). The van der Waals surface area contributed by atoms with E-state index in [4.69, 9.17) is 46.4 Å². The molecule has 0 aliphatic carbocycles. The molecule has 1 atom stereocenters. The van der Waals surface area contributed by atoms with E-state index in [0.29, 0.717) is 35.7 Å². The lowest BCUT2D eigenvalue weighted by molar-refractivity contribution is -0.120. The van der Waals surface area contributed by atoms with E-state index in [1.54, 1.807) is 12.1 Å². The van der Waals surface area contributed by atoms with Gasteiger partial charge in [0, 0.05) is 28.8 Å². The molecular formula is C25H23Cl4N3O5S2. The lowest BCUT2D eigenvalue weighted by atomic mass is 9.99. The summed E-state index contributed by atoms with van der Waals surface area (Å²) in [5.74, 6) is -1.18. The number of halogens is 4. The Labute approximate surface area is 247 Å². The Bertz CT molecular complexity index is 1580. The number of hydrogen-bond donors (Lipinski definition) is 2. The Morgan fingerprint density at radius 1 is 0.846 bits per heavy atom. The summed E-state index contributed by atoms with van der Waals surface area (Å²) >= 11 is 23.8. The van der Waals surface area contributed by atoms with Crippen LogP contribution in [-0.4, -0.2) is 40.1 Å². The van der Waals surface area contributed by atoms with Crippen LogP contribution >= 0.6 is 46.4 Å². The van der Waals surface area contributed by atoms with Crippen molar-refractivity contribution in [3.8, 4) is 0 Å². The molecule has 1 fully saturated rings. The SMILES string of the molecule is O=C(Nc1ccc(S(=O)(=O)Nc2cc(Cl)cc(Cl)c2)cc1)[C@H]1CCCN(S(=O)(=O)Cc2ccc(Cl)c(Cl)c2)C1. The van der Waals surface area contributed by atoms with Gasteiger partial charge >= 0.3 is 0 Å². The van der Waals surface area contributed by atoms with Gasteiger partial charge in [0.15, 0.2) is 0 Å². The number of nitrogens with one attached hydrogen (secondary N) is 2. The maximum atomic E-state index is 13.0. The van der Waals surface area contributed by atoms with Gasteiger partial charge in [-0.05, 0) is 73.0 Å². The van der Waals surface area contributed by atoms with Gasteiger partial charge < -0.3 is 5.32 Å². The predicted molar refractivity (Wildman–Crippen MR) is 156 cm³/mol. The lowest BCUT2D eigenvalue weighted by Crippen LogP contribution is -2.44. The molecule has 1 aliphatic heterocycles. The smallest absolute Gasteiger partial charge is 0.261 e. The molecule has 39 heavy (non-hydrogen) atoms. The molecule has 0 spiro atoms. The molecule has 1 saturated heterocycles. The highest BCUT2D eigenvalue weighted by molar-refractivity contribution is 7.92. The van der Waals surface area contributed by atoms with Gasteiger partial charge in [-0.2, -0.15) is 0 Å². The lowest BCUT2D eigenvalue weighted by Gasteiger charge is -2.31. The minimum atomic E-state index is -3.94. The van der Waals surface area contributed by atoms with E-state index >= 15 is 0 Å². The highest BCUT2D eigenvalue weighted by Gasteiger charge is 2.32. The zero-order chi connectivity index (χ0) is 28.4. The molecule has 2 N–H and O–H groups in total. The van der Waals surface area contributed by atoms with Gasteiger partial charge in [0.2, 0.25) is 15.9 Å². The summed E-state index contributed by atoms with van der Waals surface area (Å²) in [4.78, 5) is 12.9. The topological polar surface area (TPSA) is 113 Å². The standard InChI is InChI=1S/C25H23Cl4N3O5S2/c26-18-11-19(27)13-21(12-18)31-39(36,37)22-6-4-20(5-7-22)30-25(33)17-2-1-9-32(14-17)38(34,35)15-16-3-8-23(28)24(29)10-16/h3-8,10-13,17,31H,1-2,9,14-15H2,(H,30,33)/t17-/m0/s1. The van der Waals surface area contributed by atoms with Gasteiger partial charge in [0.05, 0.1) is 32.3 Å². The highest BCUT2D eigenvalue weighted by atomic mass is 35.5. The molecule has 1 amide bonds. The summed E-state index contributed by atoms with van der Waals surface area (Å²) in [6, 6.07) is 14.6. The van der Waals surface area contributed by atoms with Crippen molar-refractivity contribution in [3.63, 3.8) is 0 Å². The average Bonchev–Trinajstić information content (AvgIpc) is 2.85. The molecule has 1 aliphatic rings. The van der Waals surface area contributed by atoms with Crippen molar-refractivity contribution in [3.05, 3.63) is 86.3 Å². The minimum Gasteiger partial charge on any atom is -0.326 e. The van der Waals surface area contributed by atoms with E-state index in [0.717, 1.165) is 0 Å². The van der Waals surface area contributed by atoms with Crippen LogP contribution < -0.4 is 10.0 Å². The van der Waals surface area contributed by atoms with Crippen molar-refractivity contribution < 1.29 is 21.6 Å². The summed E-state index contributed by atoms with van der Waals surface area (Å²) in [6.07, 6.45) is 1.04. The first kappa shape index (κ1) is 29.9. The molecule has 3 aromatic carbocycles. The molecule has 14 heteroatoms. The monoisotopic (exact) mass is 649 g/mol. The Morgan fingerprint density at radius 3 is 2.15 bits per heavy atom. The van der Waals surface area contributed by atoms with Crippen LogP contribution in [0.4, 0.5) is 11.4 Å². The fourth-order valence-corrected chi connectivity index (χ4v) is 7.61. The van der Waals surface area contributed by atoms with Crippen LogP contribution in [0.25, 0.3) is 0 Å². The third-order valence-electron chi connectivity index (χ3n) is 6.03. The molecule has 1 heterocycles. The Balaban J connectivity index is 1.39. The van der Waals surface area contributed by atoms with Gasteiger partial charge in [0.1, 0.15) is 0 Å². The van der Waals surface area contributed by atoms with Crippen LogP contribution in [0, 0.1) is 5.92 Å². The number of nitrogens with zero attached hydrogens (tertiary/aromatic N) is 1.